The van der Waals surface area contributed by atoms with E-state index in [-0.39, 0.29) is 11.5 Å². The van der Waals surface area contributed by atoms with Crippen LogP contribution in [-0.2, 0) is 14.9 Å². The highest BCUT2D eigenvalue weighted by molar-refractivity contribution is 5.89. The Kier molecular flexibility index (Phi) is 2.49. The molecule has 1 aromatic heterocycles. The zero-order valence-electron chi connectivity index (χ0n) is 10.9. The summed E-state index contributed by atoms with van der Waals surface area (Å²) in [6.07, 6.45) is 1.65. The number of esters is 1. The predicted molar refractivity (Wildman–Crippen MR) is 72.2 cm³/mol. The Balaban J connectivity index is 2.15. The maximum absolute atomic E-state index is 11.9. The molecule has 0 unspecified atom stereocenters. The van der Waals surface area contributed by atoms with Crippen LogP contribution in [0.15, 0.2) is 29.1 Å². The quantitative estimate of drug-likeness (QED) is 0.837. The number of hydrogen-bond donors (Lipinski definition) is 1. The van der Waals surface area contributed by atoms with Gasteiger partial charge in [0, 0.05) is 11.1 Å². The normalized spacial score (nSPS) is 16.3. The van der Waals surface area contributed by atoms with Crippen molar-refractivity contribution in [2.75, 3.05) is 7.11 Å². The van der Waals surface area contributed by atoms with E-state index in [1.807, 2.05) is 24.3 Å². The highest BCUT2D eigenvalue weighted by atomic mass is 16.5. The topological polar surface area (TPSA) is 59.2 Å². The van der Waals surface area contributed by atoms with E-state index in [9.17, 15) is 9.59 Å². The number of ether oxygens (including phenoxy) is 1. The van der Waals surface area contributed by atoms with Gasteiger partial charge < -0.3 is 9.72 Å². The van der Waals surface area contributed by atoms with Gasteiger partial charge in [0.15, 0.2) is 0 Å². The predicted octanol–water partition coefficient (Wildman–Crippen LogP) is 2.04. The minimum atomic E-state index is -0.465. The highest BCUT2D eigenvalue weighted by Gasteiger charge is 2.52. The first kappa shape index (κ1) is 12.0. The van der Waals surface area contributed by atoms with E-state index in [1.165, 1.54) is 7.11 Å². The number of aryl methyl sites for hydroxylation is 1. The second kappa shape index (κ2) is 3.95. The Morgan fingerprint density at radius 2 is 2.05 bits per heavy atom. The first-order valence-electron chi connectivity index (χ1n) is 6.29. The van der Waals surface area contributed by atoms with Crippen LogP contribution < -0.4 is 5.56 Å². The van der Waals surface area contributed by atoms with Crippen LogP contribution in [0, 0.1) is 6.92 Å². The molecule has 1 N–H and O–H groups in total. The highest BCUT2D eigenvalue weighted by Crippen LogP contribution is 2.49. The number of carbonyl (C=O) groups is 1. The zero-order valence-corrected chi connectivity index (χ0v) is 10.9. The van der Waals surface area contributed by atoms with Gasteiger partial charge in [-0.2, -0.15) is 0 Å². The molecule has 0 atom stereocenters. The van der Waals surface area contributed by atoms with E-state index in [0.717, 1.165) is 29.3 Å². The molecule has 0 aliphatic heterocycles. The molecule has 4 nitrogen and oxygen atoms in total. The molecule has 0 spiro atoms. The van der Waals surface area contributed by atoms with Crippen molar-refractivity contribution in [3.8, 4) is 0 Å². The molecule has 4 heteroatoms. The Hall–Kier alpha value is -2.10. The fraction of sp³-hybridized carbons (Fsp3) is 0.333. The molecule has 0 bridgehead atoms. The van der Waals surface area contributed by atoms with Gasteiger partial charge in [0.2, 0.25) is 0 Å². The molecule has 3 rings (SSSR count). The van der Waals surface area contributed by atoms with E-state index in [0.29, 0.717) is 5.56 Å². The van der Waals surface area contributed by atoms with Gasteiger partial charge in [-0.1, -0.05) is 6.07 Å². The van der Waals surface area contributed by atoms with Crippen molar-refractivity contribution >= 4 is 16.9 Å². The monoisotopic (exact) mass is 257 g/mol. The van der Waals surface area contributed by atoms with E-state index in [4.69, 9.17) is 4.74 Å². The third-order valence-electron chi connectivity index (χ3n) is 3.91. The number of pyridine rings is 1. The summed E-state index contributed by atoms with van der Waals surface area (Å²) in [5, 5.41) is 0.949. The van der Waals surface area contributed by atoms with Crippen LogP contribution in [0.3, 0.4) is 0 Å². The summed E-state index contributed by atoms with van der Waals surface area (Å²) in [5.41, 5.74) is 1.90. The molecule has 1 aliphatic rings. The average Bonchev–Trinajstić information content (AvgIpc) is 3.20. The van der Waals surface area contributed by atoms with E-state index in [1.54, 1.807) is 6.92 Å². The molecule has 98 valence electrons. The molecule has 1 heterocycles. The third-order valence-corrected chi connectivity index (χ3v) is 3.91. The first-order valence-corrected chi connectivity index (χ1v) is 6.29. The summed E-state index contributed by atoms with van der Waals surface area (Å²) < 4.78 is 4.89. The third kappa shape index (κ3) is 1.75. The van der Waals surface area contributed by atoms with Crippen molar-refractivity contribution in [3.63, 3.8) is 0 Å². The Morgan fingerprint density at radius 1 is 1.32 bits per heavy atom. The van der Waals surface area contributed by atoms with Crippen molar-refractivity contribution in [2.45, 2.75) is 25.2 Å². The fourth-order valence-electron chi connectivity index (χ4n) is 2.54. The molecule has 1 saturated carbocycles. The fourth-order valence-corrected chi connectivity index (χ4v) is 2.54. The number of carbonyl (C=O) groups excluding carboxylic acids is 1. The van der Waals surface area contributed by atoms with Crippen molar-refractivity contribution in [2.24, 2.45) is 0 Å². The lowest BCUT2D eigenvalue weighted by molar-refractivity contribution is -0.143. The number of nitrogens with one attached hydrogen (secondary N) is 1. The molecule has 1 aromatic carbocycles. The first-order chi connectivity index (χ1) is 9.06. The smallest absolute Gasteiger partial charge is 0.316 e. The second-order valence-electron chi connectivity index (χ2n) is 5.16. The zero-order chi connectivity index (χ0) is 13.6. The van der Waals surface area contributed by atoms with Gasteiger partial charge in [0.05, 0.1) is 12.5 Å². The van der Waals surface area contributed by atoms with Crippen LogP contribution in [0.2, 0.25) is 0 Å². The maximum Gasteiger partial charge on any atom is 0.316 e. The van der Waals surface area contributed by atoms with Crippen LogP contribution in [0.25, 0.3) is 10.9 Å². The van der Waals surface area contributed by atoms with E-state index in [2.05, 4.69) is 4.98 Å². The van der Waals surface area contributed by atoms with Crippen molar-refractivity contribution in [1.82, 2.24) is 4.98 Å². The molecule has 0 saturated heterocycles. The maximum atomic E-state index is 11.9. The Bertz CT molecular complexity index is 726. The van der Waals surface area contributed by atoms with Crippen LogP contribution in [0.4, 0.5) is 0 Å². The summed E-state index contributed by atoms with van der Waals surface area (Å²) in [6, 6.07) is 7.58. The lowest BCUT2D eigenvalue weighted by Gasteiger charge is -2.13. The van der Waals surface area contributed by atoms with Gasteiger partial charge in [-0.15, -0.1) is 0 Å². The lowest BCUT2D eigenvalue weighted by atomic mass is 9.94. The van der Waals surface area contributed by atoms with Gasteiger partial charge in [0.25, 0.3) is 5.56 Å². The van der Waals surface area contributed by atoms with E-state index >= 15 is 0 Å². The molecule has 19 heavy (non-hydrogen) atoms. The van der Waals surface area contributed by atoms with E-state index < -0.39 is 5.41 Å². The number of aromatic amines is 1. The van der Waals surface area contributed by atoms with Gasteiger partial charge in [-0.05, 0) is 48.9 Å². The summed E-state index contributed by atoms with van der Waals surface area (Å²) in [7, 11) is 1.42. The summed E-state index contributed by atoms with van der Waals surface area (Å²) >= 11 is 0. The van der Waals surface area contributed by atoms with Gasteiger partial charge in [0.1, 0.15) is 0 Å². The molecular weight excluding hydrogens is 242 g/mol. The molecule has 0 radical (unpaired) electrons. The minimum Gasteiger partial charge on any atom is -0.468 e. The van der Waals surface area contributed by atoms with Crippen molar-refractivity contribution < 1.29 is 9.53 Å². The largest absolute Gasteiger partial charge is 0.468 e. The standard InChI is InChI=1S/C15H15NO3/c1-9-7-10-8-11(3-4-12(10)16-13(9)17)15(5-6-15)14(18)19-2/h3-4,7-8H,5-6H2,1-2H3,(H,16,17). The summed E-state index contributed by atoms with van der Waals surface area (Å²) in [5.74, 6) is -0.173. The average molecular weight is 257 g/mol. The second-order valence-corrected chi connectivity index (χ2v) is 5.16. The van der Waals surface area contributed by atoms with Crippen LogP contribution >= 0.6 is 0 Å². The molecule has 1 aliphatic carbocycles. The molecule has 1 fully saturated rings. The number of benzene rings is 1. The Labute approximate surface area is 110 Å². The van der Waals surface area contributed by atoms with Gasteiger partial charge in [-0.3, -0.25) is 9.59 Å². The van der Waals surface area contributed by atoms with Crippen LogP contribution in [-0.4, -0.2) is 18.1 Å². The number of methoxy groups -OCH3 is 1. The van der Waals surface area contributed by atoms with Crippen molar-refractivity contribution in [3.05, 3.63) is 45.7 Å². The number of fused-ring (bicyclic) bond motifs is 1. The summed E-state index contributed by atoms with van der Waals surface area (Å²) in [4.78, 5) is 26.3. The SMILES string of the molecule is COC(=O)C1(c2ccc3[nH]c(=O)c(C)cc3c2)CC1. The van der Waals surface area contributed by atoms with Crippen molar-refractivity contribution in [1.29, 1.82) is 0 Å². The van der Waals surface area contributed by atoms with Gasteiger partial charge in [-0.25, -0.2) is 0 Å². The number of H-pyrrole nitrogens is 1. The number of rotatable bonds is 2. The molecule has 2 aromatic rings. The number of aromatic nitrogens is 1. The van der Waals surface area contributed by atoms with Crippen LogP contribution in [0.5, 0.6) is 0 Å². The lowest BCUT2D eigenvalue weighted by Crippen LogP contribution is -2.21. The Morgan fingerprint density at radius 3 is 2.68 bits per heavy atom. The van der Waals surface area contributed by atoms with Crippen LogP contribution in [0.1, 0.15) is 24.0 Å². The van der Waals surface area contributed by atoms with Gasteiger partial charge >= 0.3 is 5.97 Å². The molecular formula is C15H15NO3. The minimum absolute atomic E-state index is 0.0747. The molecule has 0 amide bonds. The summed E-state index contributed by atoms with van der Waals surface area (Å²) in [6.45, 7) is 1.78. The number of hydrogen-bond acceptors (Lipinski definition) is 3.